The van der Waals surface area contributed by atoms with E-state index in [0.29, 0.717) is 0 Å². The second-order valence-electron chi connectivity index (χ2n) is 4.82. The minimum absolute atomic E-state index is 0.0536. The Morgan fingerprint density at radius 2 is 1.57 bits per heavy atom. The maximum absolute atomic E-state index is 13.9. The topological polar surface area (TPSA) is 9.23 Å². The van der Waals surface area contributed by atoms with Gasteiger partial charge in [-0.3, -0.25) is 0 Å². The zero-order valence-electron chi connectivity index (χ0n) is 11.8. The van der Waals surface area contributed by atoms with Gasteiger partial charge in [-0.15, -0.1) is 0 Å². The molecule has 2 aromatic rings. The molecule has 0 saturated heterocycles. The molecule has 0 amide bonds. The zero-order chi connectivity index (χ0) is 15.7. The smallest absolute Gasteiger partial charge is 0.194 e. The first kappa shape index (κ1) is 15.9. The molecular weight excluding hydrogens is 345 g/mol. The predicted molar refractivity (Wildman–Crippen MR) is 79.6 cm³/mol. The van der Waals surface area contributed by atoms with Crippen LogP contribution in [0.3, 0.4) is 0 Å². The Morgan fingerprint density at radius 3 is 2.10 bits per heavy atom. The first-order valence-corrected chi connectivity index (χ1v) is 7.21. The van der Waals surface area contributed by atoms with Gasteiger partial charge in [0.25, 0.3) is 0 Å². The fourth-order valence-electron chi connectivity index (χ4n) is 2.37. The fraction of sp³-hybridized carbons (Fsp3) is 0.250. The van der Waals surface area contributed by atoms with Crippen LogP contribution in [0.2, 0.25) is 0 Å². The number of ether oxygens (including phenoxy) is 1. The average Bonchev–Trinajstić information content (AvgIpc) is 2.44. The molecule has 0 N–H and O–H groups in total. The van der Waals surface area contributed by atoms with Gasteiger partial charge in [-0.05, 0) is 36.6 Å². The van der Waals surface area contributed by atoms with Crippen LogP contribution in [-0.4, -0.2) is 7.11 Å². The van der Waals surface area contributed by atoms with Crippen molar-refractivity contribution in [3.05, 3.63) is 64.0 Å². The average molecular weight is 359 g/mol. The van der Waals surface area contributed by atoms with E-state index in [4.69, 9.17) is 4.74 Å². The molecule has 0 aliphatic rings. The van der Waals surface area contributed by atoms with Crippen LogP contribution in [0.15, 0.2) is 24.3 Å². The fourth-order valence-corrected chi connectivity index (χ4v) is 2.99. The Bertz CT molecular complexity index is 662. The molecule has 0 bridgehead atoms. The Balaban J connectivity index is 2.50. The maximum Gasteiger partial charge on any atom is 0.194 e. The van der Waals surface area contributed by atoms with E-state index in [1.807, 2.05) is 26.0 Å². The summed E-state index contributed by atoms with van der Waals surface area (Å²) in [6.07, 6.45) is 0. The first-order valence-electron chi connectivity index (χ1n) is 6.29. The van der Waals surface area contributed by atoms with Crippen LogP contribution in [0.5, 0.6) is 5.75 Å². The summed E-state index contributed by atoms with van der Waals surface area (Å²) in [5.74, 6) is -3.08. The second-order valence-corrected chi connectivity index (χ2v) is 5.73. The van der Waals surface area contributed by atoms with Crippen molar-refractivity contribution >= 4 is 15.9 Å². The van der Waals surface area contributed by atoms with Crippen molar-refractivity contribution in [1.29, 1.82) is 0 Å². The maximum atomic E-state index is 13.9. The lowest BCUT2D eigenvalue weighted by Crippen LogP contribution is -2.03. The molecule has 112 valence electrons. The van der Waals surface area contributed by atoms with Gasteiger partial charge in [0.15, 0.2) is 17.5 Å². The number of methoxy groups -OCH3 is 1. The lowest BCUT2D eigenvalue weighted by atomic mass is 9.99. The van der Waals surface area contributed by atoms with Gasteiger partial charge in [-0.2, -0.15) is 0 Å². The van der Waals surface area contributed by atoms with E-state index < -0.39 is 22.3 Å². The van der Waals surface area contributed by atoms with Crippen molar-refractivity contribution in [2.24, 2.45) is 0 Å². The number of hydrogen-bond donors (Lipinski definition) is 0. The van der Waals surface area contributed by atoms with Crippen molar-refractivity contribution in [1.82, 2.24) is 0 Å². The van der Waals surface area contributed by atoms with Crippen LogP contribution >= 0.6 is 15.9 Å². The molecule has 0 aliphatic heterocycles. The van der Waals surface area contributed by atoms with Gasteiger partial charge in [-0.1, -0.05) is 34.1 Å². The SMILES string of the molecule is COc1c(C)cc(C(Br)c2ccc(F)c(F)c2F)cc1C. The molecule has 1 atom stereocenters. The van der Waals surface area contributed by atoms with Gasteiger partial charge in [0.1, 0.15) is 5.75 Å². The normalized spacial score (nSPS) is 12.3. The van der Waals surface area contributed by atoms with Crippen LogP contribution in [0, 0.1) is 31.3 Å². The summed E-state index contributed by atoms with van der Waals surface area (Å²) in [4.78, 5) is -0.573. The summed E-state index contributed by atoms with van der Waals surface area (Å²) < 4.78 is 45.5. The van der Waals surface area contributed by atoms with E-state index in [2.05, 4.69) is 15.9 Å². The molecular formula is C16H14BrF3O. The van der Waals surface area contributed by atoms with Gasteiger partial charge in [0.05, 0.1) is 11.9 Å². The van der Waals surface area contributed by atoms with Crippen molar-refractivity contribution in [2.45, 2.75) is 18.7 Å². The van der Waals surface area contributed by atoms with Crippen molar-refractivity contribution in [3.63, 3.8) is 0 Å². The summed E-state index contributed by atoms with van der Waals surface area (Å²) in [5.41, 5.74) is 2.58. The number of aryl methyl sites for hydroxylation is 2. The standard InChI is InChI=1S/C16H14BrF3O/c1-8-6-10(7-9(2)16(8)21-3)13(17)11-4-5-12(18)15(20)14(11)19/h4-7,13H,1-3H3. The van der Waals surface area contributed by atoms with Gasteiger partial charge in [0, 0.05) is 5.56 Å². The highest BCUT2D eigenvalue weighted by Crippen LogP contribution is 2.36. The van der Waals surface area contributed by atoms with E-state index in [-0.39, 0.29) is 5.56 Å². The summed E-state index contributed by atoms with van der Waals surface area (Å²) >= 11 is 3.35. The lowest BCUT2D eigenvalue weighted by molar-refractivity contribution is 0.408. The summed E-state index contributed by atoms with van der Waals surface area (Å²) in [7, 11) is 1.58. The van der Waals surface area contributed by atoms with E-state index >= 15 is 0 Å². The number of alkyl halides is 1. The molecule has 2 aromatic carbocycles. The monoisotopic (exact) mass is 358 g/mol. The Kier molecular flexibility index (Phi) is 4.61. The quantitative estimate of drug-likeness (QED) is 0.540. The third kappa shape index (κ3) is 2.93. The van der Waals surface area contributed by atoms with E-state index in [1.54, 1.807) is 7.11 Å². The molecule has 0 aliphatic carbocycles. The Morgan fingerprint density at radius 1 is 1.00 bits per heavy atom. The molecule has 0 fully saturated rings. The molecule has 0 radical (unpaired) electrons. The van der Waals surface area contributed by atoms with Crippen LogP contribution in [0.4, 0.5) is 13.2 Å². The molecule has 0 aromatic heterocycles. The van der Waals surface area contributed by atoms with Gasteiger partial charge in [-0.25, -0.2) is 13.2 Å². The van der Waals surface area contributed by atoms with E-state index in [1.165, 1.54) is 6.07 Å². The number of rotatable bonds is 3. The Labute approximate surface area is 129 Å². The van der Waals surface area contributed by atoms with Crippen LogP contribution in [-0.2, 0) is 0 Å². The predicted octanol–water partition coefficient (Wildman–Crippen LogP) is 5.21. The Hall–Kier alpha value is -1.49. The zero-order valence-corrected chi connectivity index (χ0v) is 13.4. The first-order chi connectivity index (χ1) is 9.86. The second kappa shape index (κ2) is 6.10. The molecule has 0 spiro atoms. The van der Waals surface area contributed by atoms with Crippen LogP contribution in [0.25, 0.3) is 0 Å². The van der Waals surface area contributed by atoms with Gasteiger partial charge < -0.3 is 4.74 Å². The van der Waals surface area contributed by atoms with E-state index in [9.17, 15) is 13.2 Å². The van der Waals surface area contributed by atoms with Crippen molar-refractivity contribution < 1.29 is 17.9 Å². The largest absolute Gasteiger partial charge is 0.496 e. The summed E-state index contributed by atoms with van der Waals surface area (Å²) in [6.45, 7) is 3.74. The number of halogens is 4. The number of hydrogen-bond acceptors (Lipinski definition) is 1. The highest BCUT2D eigenvalue weighted by Gasteiger charge is 2.21. The van der Waals surface area contributed by atoms with E-state index in [0.717, 1.165) is 28.5 Å². The summed E-state index contributed by atoms with van der Waals surface area (Å²) in [5, 5.41) is 0. The van der Waals surface area contributed by atoms with Crippen LogP contribution < -0.4 is 4.74 Å². The highest BCUT2D eigenvalue weighted by molar-refractivity contribution is 9.09. The van der Waals surface area contributed by atoms with Crippen LogP contribution in [0.1, 0.15) is 27.1 Å². The van der Waals surface area contributed by atoms with Crippen molar-refractivity contribution in [2.75, 3.05) is 7.11 Å². The molecule has 1 unspecified atom stereocenters. The highest BCUT2D eigenvalue weighted by atomic mass is 79.9. The number of benzene rings is 2. The third-order valence-electron chi connectivity index (χ3n) is 3.32. The molecule has 0 heterocycles. The molecule has 1 nitrogen and oxygen atoms in total. The molecule has 5 heteroatoms. The summed E-state index contributed by atoms with van der Waals surface area (Å²) in [6, 6.07) is 5.81. The molecule has 0 saturated carbocycles. The van der Waals surface area contributed by atoms with Gasteiger partial charge >= 0.3 is 0 Å². The van der Waals surface area contributed by atoms with Gasteiger partial charge in [0.2, 0.25) is 0 Å². The van der Waals surface area contributed by atoms with Crippen molar-refractivity contribution in [3.8, 4) is 5.75 Å². The third-order valence-corrected chi connectivity index (χ3v) is 4.34. The minimum Gasteiger partial charge on any atom is -0.496 e. The molecule has 21 heavy (non-hydrogen) atoms. The lowest BCUT2D eigenvalue weighted by Gasteiger charge is -2.16. The molecule has 2 rings (SSSR count). The minimum atomic E-state index is -1.46.